The van der Waals surface area contributed by atoms with Crippen molar-refractivity contribution in [3.8, 4) is 0 Å². The van der Waals surface area contributed by atoms with E-state index in [2.05, 4.69) is 47.7 Å². The summed E-state index contributed by atoms with van der Waals surface area (Å²) in [5, 5.41) is 0. The molecule has 0 spiro atoms. The molecule has 0 aromatic carbocycles. The minimum atomic E-state index is 0.483. The lowest BCUT2D eigenvalue weighted by Gasteiger charge is -2.36. The van der Waals surface area contributed by atoms with Crippen molar-refractivity contribution >= 4 is 21.9 Å². The number of aryl methyl sites for hydroxylation is 1. The Balaban J connectivity index is 1.53. The van der Waals surface area contributed by atoms with E-state index < -0.39 is 0 Å². The summed E-state index contributed by atoms with van der Waals surface area (Å²) in [5.74, 6) is 1.52. The first kappa shape index (κ1) is 15.4. The van der Waals surface area contributed by atoms with E-state index in [1.807, 2.05) is 6.92 Å². The highest BCUT2D eigenvalue weighted by Crippen LogP contribution is 2.21. The minimum absolute atomic E-state index is 0.483. The normalized spacial score (nSPS) is 16.9. The summed E-state index contributed by atoms with van der Waals surface area (Å²) in [4.78, 5) is 17.7. The Bertz CT molecular complexity index is 607. The molecule has 6 nitrogen and oxygen atoms in total. The lowest BCUT2D eigenvalue weighted by atomic mass is 10.0. The summed E-state index contributed by atoms with van der Waals surface area (Å²) in [6.07, 6.45) is 7.55. The number of piperidine rings is 1. The van der Waals surface area contributed by atoms with E-state index in [1.165, 1.54) is 0 Å². The quantitative estimate of drug-likeness (QED) is 0.829. The van der Waals surface area contributed by atoms with E-state index in [-0.39, 0.29) is 0 Å². The highest BCUT2D eigenvalue weighted by Gasteiger charge is 2.24. The zero-order valence-corrected chi connectivity index (χ0v) is 14.5. The van der Waals surface area contributed by atoms with Gasteiger partial charge in [0.1, 0.15) is 6.26 Å². The lowest BCUT2D eigenvalue weighted by molar-refractivity contribution is 0.200. The second-order valence-corrected chi connectivity index (χ2v) is 6.59. The fourth-order valence-corrected chi connectivity index (χ4v) is 3.03. The zero-order valence-electron chi connectivity index (χ0n) is 12.9. The summed E-state index contributed by atoms with van der Waals surface area (Å²) < 4.78 is 6.17. The van der Waals surface area contributed by atoms with Crippen molar-refractivity contribution in [3.63, 3.8) is 0 Å². The third kappa shape index (κ3) is 3.64. The number of anilines is 1. The molecule has 118 valence electrons. The second kappa shape index (κ2) is 6.75. The summed E-state index contributed by atoms with van der Waals surface area (Å²) in [6.45, 7) is 4.85. The zero-order chi connectivity index (χ0) is 15.5. The first-order valence-corrected chi connectivity index (χ1v) is 8.25. The highest BCUT2D eigenvalue weighted by atomic mass is 79.9. The first-order valence-electron chi connectivity index (χ1n) is 7.45. The molecule has 0 unspecified atom stereocenters. The number of aromatic nitrogens is 3. The van der Waals surface area contributed by atoms with Gasteiger partial charge in [0.15, 0.2) is 5.89 Å². The van der Waals surface area contributed by atoms with E-state index >= 15 is 0 Å². The van der Waals surface area contributed by atoms with Gasteiger partial charge in [0.25, 0.3) is 0 Å². The lowest BCUT2D eigenvalue weighted by Crippen LogP contribution is -2.43. The van der Waals surface area contributed by atoms with Crippen LogP contribution in [0.2, 0.25) is 0 Å². The maximum absolute atomic E-state index is 5.27. The van der Waals surface area contributed by atoms with Gasteiger partial charge in [-0.2, -0.15) is 0 Å². The number of hydrogen-bond acceptors (Lipinski definition) is 6. The smallest absolute Gasteiger partial charge is 0.225 e. The van der Waals surface area contributed by atoms with Gasteiger partial charge in [0, 0.05) is 52.0 Å². The molecule has 1 saturated heterocycles. The fourth-order valence-electron chi connectivity index (χ4n) is 2.83. The molecule has 3 heterocycles. The molecule has 3 rings (SSSR count). The number of oxazole rings is 1. The second-order valence-electron chi connectivity index (χ2n) is 5.68. The summed E-state index contributed by atoms with van der Waals surface area (Å²) in [6, 6.07) is 0.483. The number of rotatable bonds is 4. The molecule has 1 fully saturated rings. The predicted molar refractivity (Wildman–Crippen MR) is 87.7 cm³/mol. The molecule has 0 bridgehead atoms. The number of likely N-dealkylation sites (tertiary alicyclic amines) is 1. The molecule has 0 amide bonds. The van der Waals surface area contributed by atoms with Crippen molar-refractivity contribution in [1.82, 2.24) is 19.9 Å². The molecular weight excluding hydrogens is 346 g/mol. The molecule has 0 aliphatic carbocycles. The van der Waals surface area contributed by atoms with Crippen LogP contribution in [0.25, 0.3) is 0 Å². The molecule has 22 heavy (non-hydrogen) atoms. The van der Waals surface area contributed by atoms with Crippen LogP contribution < -0.4 is 4.90 Å². The maximum Gasteiger partial charge on any atom is 0.225 e. The topological polar surface area (TPSA) is 58.3 Å². The average molecular weight is 366 g/mol. The molecule has 2 aromatic rings. The number of hydrogen-bond donors (Lipinski definition) is 0. The van der Waals surface area contributed by atoms with E-state index in [4.69, 9.17) is 4.42 Å². The van der Waals surface area contributed by atoms with Gasteiger partial charge in [0.05, 0.1) is 10.2 Å². The Morgan fingerprint density at radius 1 is 1.32 bits per heavy atom. The standard InChI is InChI=1S/C15H20BrN5O/c1-11-19-13(10-22-11)9-21-5-3-14(4-6-21)20(2)15-17-7-12(16)8-18-15/h7-8,10,14H,3-6,9H2,1-2H3. The molecule has 7 heteroatoms. The molecule has 0 saturated carbocycles. The van der Waals surface area contributed by atoms with Crippen molar-refractivity contribution in [2.24, 2.45) is 0 Å². The van der Waals surface area contributed by atoms with Crippen LogP contribution in [0.15, 0.2) is 27.5 Å². The molecule has 0 radical (unpaired) electrons. The third-order valence-corrected chi connectivity index (χ3v) is 4.49. The van der Waals surface area contributed by atoms with Crippen molar-refractivity contribution in [2.45, 2.75) is 32.4 Å². The Kier molecular flexibility index (Phi) is 4.73. The Labute approximate surface area is 138 Å². The maximum atomic E-state index is 5.27. The van der Waals surface area contributed by atoms with Crippen LogP contribution in [-0.4, -0.2) is 46.0 Å². The molecule has 0 atom stereocenters. The van der Waals surface area contributed by atoms with Crippen LogP contribution in [0.4, 0.5) is 5.95 Å². The Hall–Kier alpha value is -1.47. The van der Waals surface area contributed by atoms with Crippen LogP contribution in [0, 0.1) is 6.92 Å². The van der Waals surface area contributed by atoms with Gasteiger partial charge in [0.2, 0.25) is 5.95 Å². The summed E-state index contributed by atoms with van der Waals surface area (Å²) in [5.41, 5.74) is 1.01. The van der Waals surface area contributed by atoms with Crippen LogP contribution in [0.3, 0.4) is 0 Å². The SMILES string of the molecule is Cc1nc(CN2CCC(N(C)c3ncc(Br)cn3)CC2)co1. The minimum Gasteiger partial charge on any atom is -0.449 e. The van der Waals surface area contributed by atoms with Gasteiger partial charge < -0.3 is 9.32 Å². The van der Waals surface area contributed by atoms with Crippen molar-refractivity contribution in [1.29, 1.82) is 0 Å². The number of halogens is 1. The number of nitrogens with zero attached hydrogens (tertiary/aromatic N) is 5. The Morgan fingerprint density at radius 2 is 2.00 bits per heavy atom. The average Bonchev–Trinajstić information content (AvgIpc) is 2.93. The fraction of sp³-hybridized carbons (Fsp3) is 0.533. The summed E-state index contributed by atoms with van der Waals surface area (Å²) in [7, 11) is 2.07. The van der Waals surface area contributed by atoms with E-state index in [0.717, 1.165) is 54.5 Å². The Morgan fingerprint density at radius 3 is 2.59 bits per heavy atom. The van der Waals surface area contributed by atoms with E-state index in [1.54, 1.807) is 18.7 Å². The molecule has 1 aliphatic heterocycles. The van der Waals surface area contributed by atoms with E-state index in [9.17, 15) is 0 Å². The first-order chi connectivity index (χ1) is 10.6. The van der Waals surface area contributed by atoms with Crippen molar-refractivity contribution in [3.05, 3.63) is 34.7 Å². The van der Waals surface area contributed by atoms with Gasteiger partial charge in [-0.25, -0.2) is 15.0 Å². The van der Waals surface area contributed by atoms with Crippen LogP contribution in [0.5, 0.6) is 0 Å². The van der Waals surface area contributed by atoms with Gasteiger partial charge in [-0.1, -0.05) is 0 Å². The van der Waals surface area contributed by atoms with Crippen LogP contribution in [0.1, 0.15) is 24.4 Å². The van der Waals surface area contributed by atoms with Gasteiger partial charge >= 0.3 is 0 Å². The monoisotopic (exact) mass is 365 g/mol. The highest BCUT2D eigenvalue weighted by molar-refractivity contribution is 9.10. The molecule has 1 aliphatic rings. The van der Waals surface area contributed by atoms with Gasteiger partial charge in [-0.15, -0.1) is 0 Å². The third-order valence-electron chi connectivity index (χ3n) is 4.08. The van der Waals surface area contributed by atoms with Crippen LogP contribution in [-0.2, 0) is 6.54 Å². The predicted octanol–water partition coefficient (Wildman–Crippen LogP) is 2.64. The molecular formula is C15H20BrN5O. The van der Waals surface area contributed by atoms with Crippen molar-refractivity contribution in [2.75, 3.05) is 25.0 Å². The molecule has 2 aromatic heterocycles. The largest absolute Gasteiger partial charge is 0.449 e. The summed E-state index contributed by atoms with van der Waals surface area (Å²) >= 11 is 3.37. The van der Waals surface area contributed by atoms with Gasteiger partial charge in [-0.05, 0) is 28.8 Å². The van der Waals surface area contributed by atoms with Crippen molar-refractivity contribution < 1.29 is 4.42 Å². The molecule has 0 N–H and O–H groups in total. The van der Waals surface area contributed by atoms with Gasteiger partial charge in [-0.3, -0.25) is 4.90 Å². The van der Waals surface area contributed by atoms with E-state index in [0.29, 0.717) is 6.04 Å². The van der Waals surface area contributed by atoms with Crippen LogP contribution >= 0.6 is 15.9 Å².